The predicted octanol–water partition coefficient (Wildman–Crippen LogP) is 2.53. The SMILES string of the molecule is CCOCC(=O)CCc1cccc(C)c1. The molecule has 0 aliphatic rings. The highest BCUT2D eigenvalue weighted by Crippen LogP contribution is 2.06. The molecule has 2 heteroatoms. The van der Waals surface area contributed by atoms with E-state index in [-0.39, 0.29) is 12.4 Å². The molecule has 0 aliphatic heterocycles. The standard InChI is InChI=1S/C13H18O2/c1-3-15-10-13(14)8-7-12-6-4-5-11(2)9-12/h4-6,9H,3,7-8,10H2,1-2H3. The number of ketones is 1. The lowest BCUT2D eigenvalue weighted by atomic mass is 10.1. The number of ether oxygens (including phenoxy) is 1. The Kier molecular flexibility index (Phi) is 5.05. The summed E-state index contributed by atoms with van der Waals surface area (Å²) in [7, 11) is 0. The first-order chi connectivity index (χ1) is 7.22. The summed E-state index contributed by atoms with van der Waals surface area (Å²) >= 11 is 0. The highest BCUT2D eigenvalue weighted by Gasteiger charge is 2.02. The average molecular weight is 206 g/mol. The largest absolute Gasteiger partial charge is 0.374 e. The van der Waals surface area contributed by atoms with E-state index in [1.165, 1.54) is 11.1 Å². The maximum absolute atomic E-state index is 11.3. The second-order valence-corrected chi connectivity index (χ2v) is 3.66. The summed E-state index contributed by atoms with van der Waals surface area (Å²) in [5, 5.41) is 0. The molecule has 1 rings (SSSR count). The van der Waals surface area contributed by atoms with Crippen LogP contribution in [0.4, 0.5) is 0 Å². The van der Waals surface area contributed by atoms with Gasteiger partial charge in [0.15, 0.2) is 5.78 Å². The fourth-order valence-electron chi connectivity index (χ4n) is 1.44. The van der Waals surface area contributed by atoms with E-state index < -0.39 is 0 Å². The van der Waals surface area contributed by atoms with Gasteiger partial charge >= 0.3 is 0 Å². The van der Waals surface area contributed by atoms with E-state index in [1.807, 2.05) is 13.0 Å². The first-order valence-electron chi connectivity index (χ1n) is 5.37. The highest BCUT2D eigenvalue weighted by atomic mass is 16.5. The fourth-order valence-corrected chi connectivity index (χ4v) is 1.44. The van der Waals surface area contributed by atoms with Gasteiger partial charge in [-0.3, -0.25) is 4.79 Å². The van der Waals surface area contributed by atoms with Crippen LogP contribution in [-0.4, -0.2) is 19.0 Å². The van der Waals surface area contributed by atoms with Crippen LogP contribution in [0.3, 0.4) is 0 Å². The molecule has 0 unspecified atom stereocenters. The Bertz CT molecular complexity index is 318. The van der Waals surface area contributed by atoms with Crippen LogP contribution in [0, 0.1) is 6.92 Å². The molecular formula is C13H18O2. The van der Waals surface area contributed by atoms with Gasteiger partial charge < -0.3 is 4.74 Å². The molecule has 0 atom stereocenters. The van der Waals surface area contributed by atoms with Gasteiger partial charge in [0, 0.05) is 13.0 Å². The minimum Gasteiger partial charge on any atom is -0.374 e. The Morgan fingerprint density at radius 2 is 2.20 bits per heavy atom. The van der Waals surface area contributed by atoms with Crippen molar-refractivity contribution < 1.29 is 9.53 Å². The Morgan fingerprint density at radius 1 is 1.40 bits per heavy atom. The summed E-state index contributed by atoms with van der Waals surface area (Å²) in [4.78, 5) is 11.3. The molecule has 0 aliphatic carbocycles. The maximum atomic E-state index is 11.3. The highest BCUT2D eigenvalue weighted by molar-refractivity contribution is 5.79. The second-order valence-electron chi connectivity index (χ2n) is 3.66. The van der Waals surface area contributed by atoms with Crippen molar-refractivity contribution in [3.8, 4) is 0 Å². The van der Waals surface area contributed by atoms with Crippen molar-refractivity contribution in [1.29, 1.82) is 0 Å². The van der Waals surface area contributed by atoms with Gasteiger partial charge in [-0.05, 0) is 25.8 Å². The number of rotatable bonds is 6. The number of hydrogen-bond donors (Lipinski definition) is 0. The van der Waals surface area contributed by atoms with E-state index in [9.17, 15) is 4.79 Å². The third kappa shape index (κ3) is 4.75. The van der Waals surface area contributed by atoms with Crippen molar-refractivity contribution in [2.75, 3.05) is 13.2 Å². The fraction of sp³-hybridized carbons (Fsp3) is 0.462. The number of hydrogen-bond acceptors (Lipinski definition) is 2. The Morgan fingerprint density at radius 3 is 2.87 bits per heavy atom. The molecule has 1 aromatic rings. The van der Waals surface area contributed by atoms with E-state index in [0.29, 0.717) is 13.0 Å². The van der Waals surface area contributed by atoms with E-state index in [2.05, 4.69) is 25.1 Å². The molecule has 0 saturated heterocycles. The van der Waals surface area contributed by atoms with Gasteiger partial charge in [-0.25, -0.2) is 0 Å². The van der Waals surface area contributed by atoms with Crippen molar-refractivity contribution in [1.82, 2.24) is 0 Å². The molecule has 0 radical (unpaired) electrons. The third-order valence-electron chi connectivity index (χ3n) is 2.24. The van der Waals surface area contributed by atoms with Gasteiger partial charge in [-0.15, -0.1) is 0 Å². The molecule has 0 aromatic heterocycles. The van der Waals surface area contributed by atoms with Gasteiger partial charge in [-0.1, -0.05) is 29.8 Å². The van der Waals surface area contributed by atoms with E-state index >= 15 is 0 Å². The first kappa shape index (κ1) is 11.9. The zero-order valence-corrected chi connectivity index (χ0v) is 9.45. The molecule has 0 fully saturated rings. The molecule has 0 amide bonds. The lowest BCUT2D eigenvalue weighted by Gasteiger charge is -2.02. The van der Waals surface area contributed by atoms with E-state index in [0.717, 1.165) is 6.42 Å². The monoisotopic (exact) mass is 206 g/mol. The minimum absolute atomic E-state index is 0.179. The van der Waals surface area contributed by atoms with Crippen molar-refractivity contribution in [2.24, 2.45) is 0 Å². The normalized spacial score (nSPS) is 10.3. The second kappa shape index (κ2) is 6.36. The maximum Gasteiger partial charge on any atom is 0.158 e. The quantitative estimate of drug-likeness (QED) is 0.715. The van der Waals surface area contributed by atoms with Gasteiger partial charge in [0.05, 0.1) is 0 Å². The van der Waals surface area contributed by atoms with Crippen LogP contribution in [0.15, 0.2) is 24.3 Å². The molecule has 0 bridgehead atoms. The van der Waals surface area contributed by atoms with Gasteiger partial charge in [-0.2, -0.15) is 0 Å². The topological polar surface area (TPSA) is 26.3 Å². The number of benzene rings is 1. The lowest BCUT2D eigenvalue weighted by molar-refractivity contribution is -0.123. The minimum atomic E-state index is 0.179. The Labute approximate surface area is 91.3 Å². The molecule has 1 aromatic carbocycles. The van der Waals surface area contributed by atoms with Crippen LogP contribution < -0.4 is 0 Å². The molecule has 2 nitrogen and oxygen atoms in total. The van der Waals surface area contributed by atoms with Gasteiger partial charge in [0.2, 0.25) is 0 Å². The molecule has 82 valence electrons. The summed E-state index contributed by atoms with van der Waals surface area (Å²) in [5.41, 5.74) is 2.46. The lowest BCUT2D eigenvalue weighted by Crippen LogP contribution is -2.09. The molecule has 0 spiro atoms. The van der Waals surface area contributed by atoms with Crippen LogP contribution in [0.5, 0.6) is 0 Å². The summed E-state index contributed by atoms with van der Waals surface area (Å²) in [6, 6.07) is 8.26. The van der Waals surface area contributed by atoms with Crippen molar-refractivity contribution >= 4 is 5.78 Å². The summed E-state index contributed by atoms with van der Waals surface area (Å²) < 4.78 is 5.06. The molecule has 0 N–H and O–H groups in total. The first-order valence-corrected chi connectivity index (χ1v) is 5.37. The Hall–Kier alpha value is -1.15. The smallest absolute Gasteiger partial charge is 0.158 e. The van der Waals surface area contributed by atoms with Crippen LogP contribution in [0.25, 0.3) is 0 Å². The third-order valence-corrected chi connectivity index (χ3v) is 2.24. The molecule has 15 heavy (non-hydrogen) atoms. The molecule has 0 heterocycles. The van der Waals surface area contributed by atoms with Gasteiger partial charge in [0.25, 0.3) is 0 Å². The zero-order chi connectivity index (χ0) is 11.1. The predicted molar refractivity (Wildman–Crippen MR) is 61.0 cm³/mol. The van der Waals surface area contributed by atoms with Crippen molar-refractivity contribution in [3.63, 3.8) is 0 Å². The summed E-state index contributed by atoms with van der Waals surface area (Å²) in [6.07, 6.45) is 1.39. The summed E-state index contributed by atoms with van der Waals surface area (Å²) in [6.45, 7) is 4.82. The van der Waals surface area contributed by atoms with E-state index in [4.69, 9.17) is 4.74 Å². The number of carbonyl (C=O) groups is 1. The zero-order valence-electron chi connectivity index (χ0n) is 9.45. The van der Waals surface area contributed by atoms with E-state index in [1.54, 1.807) is 0 Å². The Balaban J connectivity index is 2.33. The average Bonchev–Trinajstić information content (AvgIpc) is 2.23. The van der Waals surface area contributed by atoms with Crippen molar-refractivity contribution in [3.05, 3.63) is 35.4 Å². The van der Waals surface area contributed by atoms with Crippen LogP contribution in [-0.2, 0) is 16.0 Å². The van der Waals surface area contributed by atoms with Gasteiger partial charge in [0.1, 0.15) is 6.61 Å². The summed E-state index contributed by atoms with van der Waals surface area (Å²) in [5.74, 6) is 0.179. The number of carbonyl (C=O) groups excluding carboxylic acids is 1. The van der Waals surface area contributed by atoms with Crippen molar-refractivity contribution in [2.45, 2.75) is 26.7 Å². The molecular weight excluding hydrogens is 188 g/mol. The van der Waals surface area contributed by atoms with Crippen LogP contribution >= 0.6 is 0 Å². The molecule has 0 saturated carbocycles. The van der Waals surface area contributed by atoms with Crippen LogP contribution in [0.1, 0.15) is 24.5 Å². The van der Waals surface area contributed by atoms with Crippen LogP contribution in [0.2, 0.25) is 0 Å². The number of Topliss-reactive ketones (excluding diaryl/α,β-unsaturated/α-hetero) is 1. The number of aryl methyl sites for hydroxylation is 2.